The van der Waals surface area contributed by atoms with Crippen molar-refractivity contribution in [3.05, 3.63) is 35.5 Å². The first-order valence-electron chi connectivity index (χ1n) is 5.75. The highest BCUT2D eigenvalue weighted by molar-refractivity contribution is 6.35. The second kappa shape index (κ2) is 5.74. The number of pyridine rings is 1. The fraction of sp³-hybridized carbons (Fsp3) is 0.308. The van der Waals surface area contributed by atoms with Crippen molar-refractivity contribution in [2.24, 2.45) is 0 Å². The molecule has 0 aliphatic carbocycles. The zero-order valence-electron chi connectivity index (χ0n) is 9.73. The van der Waals surface area contributed by atoms with Crippen LogP contribution in [0.3, 0.4) is 0 Å². The molecule has 1 aliphatic heterocycles. The fourth-order valence-corrected chi connectivity index (χ4v) is 2.33. The quantitative estimate of drug-likeness (QED) is 0.920. The summed E-state index contributed by atoms with van der Waals surface area (Å²) in [6.07, 6.45) is 3.04. The van der Waals surface area contributed by atoms with E-state index in [1.54, 1.807) is 6.20 Å². The molecule has 0 amide bonds. The maximum Gasteiger partial charge on any atom is 0.146 e. The molecule has 2 aromatic rings. The average molecular weight is 285 g/mol. The van der Waals surface area contributed by atoms with Gasteiger partial charge in [-0.3, -0.25) is 4.98 Å². The molecule has 2 heterocycles. The predicted octanol–water partition coefficient (Wildman–Crippen LogP) is 3.05. The zero-order valence-corrected chi connectivity index (χ0v) is 11.3. The highest BCUT2D eigenvalue weighted by atomic mass is 35.5. The summed E-state index contributed by atoms with van der Waals surface area (Å²) in [6.45, 7) is 1.92. The third-order valence-corrected chi connectivity index (χ3v) is 3.32. The Balaban J connectivity index is 0.00000120. The van der Waals surface area contributed by atoms with Gasteiger partial charge in [-0.2, -0.15) is 0 Å². The fourth-order valence-electron chi connectivity index (χ4n) is 2.12. The first-order valence-corrected chi connectivity index (χ1v) is 6.13. The van der Waals surface area contributed by atoms with Crippen molar-refractivity contribution in [3.63, 3.8) is 0 Å². The third kappa shape index (κ3) is 2.53. The standard InChI is InChI=1S/C13H13ClN2O.ClH/c14-11-3-4-12(17-9-5-7-15-8-9)13-10(11)2-1-6-16-13;/h1-4,6,9,15H,5,7-8H2;1H. The molecule has 1 aromatic heterocycles. The number of ether oxygens (including phenoxy) is 1. The molecule has 1 atom stereocenters. The summed E-state index contributed by atoms with van der Waals surface area (Å²) < 4.78 is 5.96. The highest BCUT2D eigenvalue weighted by Gasteiger charge is 2.17. The minimum Gasteiger partial charge on any atom is -0.487 e. The number of nitrogens with zero attached hydrogens (tertiary/aromatic N) is 1. The lowest BCUT2D eigenvalue weighted by Gasteiger charge is -2.14. The summed E-state index contributed by atoms with van der Waals surface area (Å²) in [7, 11) is 0. The number of hydrogen-bond donors (Lipinski definition) is 1. The van der Waals surface area contributed by atoms with Crippen molar-refractivity contribution < 1.29 is 4.74 Å². The molecule has 0 radical (unpaired) electrons. The van der Waals surface area contributed by atoms with Crippen LogP contribution in [-0.4, -0.2) is 24.2 Å². The zero-order chi connectivity index (χ0) is 11.7. The minimum absolute atomic E-state index is 0. The molecular formula is C13H14Cl2N2O. The molecule has 0 spiro atoms. The Bertz CT molecular complexity index is 542. The lowest BCUT2D eigenvalue weighted by atomic mass is 10.2. The number of aromatic nitrogens is 1. The maximum atomic E-state index is 6.14. The molecule has 1 N–H and O–H groups in total. The Kier molecular flexibility index (Phi) is 4.27. The largest absolute Gasteiger partial charge is 0.487 e. The number of fused-ring (bicyclic) bond motifs is 1. The Morgan fingerprint density at radius 2 is 2.22 bits per heavy atom. The van der Waals surface area contributed by atoms with Gasteiger partial charge in [0, 0.05) is 18.1 Å². The predicted molar refractivity (Wildman–Crippen MR) is 75.9 cm³/mol. The molecule has 1 saturated heterocycles. The van der Waals surface area contributed by atoms with Crippen molar-refractivity contribution >= 4 is 34.9 Å². The highest BCUT2D eigenvalue weighted by Crippen LogP contribution is 2.30. The van der Waals surface area contributed by atoms with E-state index >= 15 is 0 Å². The van der Waals surface area contributed by atoms with Crippen molar-refractivity contribution in [1.82, 2.24) is 10.3 Å². The van der Waals surface area contributed by atoms with Gasteiger partial charge in [0.15, 0.2) is 0 Å². The molecular weight excluding hydrogens is 271 g/mol. The first kappa shape index (κ1) is 13.4. The SMILES string of the molecule is Cl.Clc1ccc(OC2CCNC2)c2ncccc12. The first-order chi connectivity index (χ1) is 8.34. The molecule has 1 fully saturated rings. The van der Waals surface area contributed by atoms with Crippen LogP contribution in [0, 0.1) is 0 Å². The topological polar surface area (TPSA) is 34.1 Å². The lowest BCUT2D eigenvalue weighted by molar-refractivity contribution is 0.225. The van der Waals surface area contributed by atoms with Gasteiger partial charge in [-0.25, -0.2) is 0 Å². The van der Waals surface area contributed by atoms with Crippen LogP contribution in [0.4, 0.5) is 0 Å². The molecule has 0 saturated carbocycles. The van der Waals surface area contributed by atoms with Crippen LogP contribution in [-0.2, 0) is 0 Å². The van der Waals surface area contributed by atoms with Crippen LogP contribution >= 0.6 is 24.0 Å². The van der Waals surface area contributed by atoms with Crippen LogP contribution < -0.4 is 10.1 Å². The summed E-state index contributed by atoms with van der Waals surface area (Å²) in [5.74, 6) is 0.818. The van der Waals surface area contributed by atoms with E-state index in [2.05, 4.69) is 10.3 Å². The molecule has 3 nitrogen and oxygen atoms in total. The molecule has 1 aliphatic rings. The van der Waals surface area contributed by atoms with Crippen LogP contribution in [0.2, 0.25) is 5.02 Å². The van der Waals surface area contributed by atoms with Gasteiger partial charge in [0.2, 0.25) is 0 Å². The monoisotopic (exact) mass is 284 g/mol. The van der Waals surface area contributed by atoms with E-state index in [1.165, 1.54) is 0 Å². The number of halogens is 2. The van der Waals surface area contributed by atoms with Gasteiger partial charge < -0.3 is 10.1 Å². The van der Waals surface area contributed by atoms with Gasteiger partial charge in [-0.15, -0.1) is 12.4 Å². The van der Waals surface area contributed by atoms with Crippen LogP contribution in [0.5, 0.6) is 5.75 Å². The third-order valence-electron chi connectivity index (χ3n) is 2.99. The normalized spacial score (nSPS) is 18.6. The van der Waals surface area contributed by atoms with E-state index in [9.17, 15) is 0 Å². The van der Waals surface area contributed by atoms with E-state index in [1.807, 2.05) is 24.3 Å². The summed E-state index contributed by atoms with van der Waals surface area (Å²) >= 11 is 6.14. The van der Waals surface area contributed by atoms with Crippen molar-refractivity contribution in [1.29, 1.82) is 0 Å². The molecule has 1 unspecified atom stereocenters. The van der Waals surface area contributed by atoms with E-state index in [0.29, 0.717) is 5.02 Å². The van der Waals surface area contributed by atoms with Gasteiger partial charge in [-0.1, -0.05) is 11.6 Å². The maximum absolute atomic E-state index is 6.14. The van der Waals surface area contributed by atoms with Crippen molar-refractivity contribution in [2.75, 3.05) is 13.1 Å². The van der Waals surface area contributed by atoms with Crippen molar-refractivity contribution in [3.8, 4) is 5.75 Å². The van der Waals surface area contributed by atoms with Gasteiger partial charge >= 0.3 is 0 Å². The molecule has 1 aromatic carbocycles. The Morgan fingerprint density at radius 3 is 3.00 bits per heavy atom. The second-order valence-electron chi connectivity index (χ2n) is 4.18. The van der Waals surface area contributed by atoms with Gasteiger partial charge in [-0.05, 0) is 37.2 Å². The van der Waals surface area contributed by atoms with E-state index in [4.69, 9.17) is 16.3 Å². The van der Waals surface area contributed by atoms with Crippen molar-refractivity contribution in [2.45, 2.75) is 12.5 Å². The van der Waals surface area contributed by atoms with Crippen LogP contribution in [0.1, 0.15) is 6.42 Å². The summed E-state index contributed by atoms with van der Waals surface area (Å²) in [6, 6.07) is 7.61. The van der Waals surface area contributed by atoms with Crippen LogP contribution in [0.25, 0.3) is 10.9 Å². The lowest BCUT2D eigenvalue weighted by Crippen LogP contribution is -2.19. The average Bonchev–Trinajstić information content (AvgIpc) is 2.86. The van der Waals surface area contributed by atoms with Gasteiger partial charge in [0.05, 0.1) is 5.02 Å². The minimum atomic E-state index is 0. The number of rotatable bonds is 2. The number of nitrogens with one attached hydrogen (secondary N) is 1. The Labute approximate surface area is 117 Å². The smallest absolute Gasteiger partial charge is 0.146 e. The van der Waals surface area contributed by atoms with E-state index < -0.39 is 0 Å². The molecule has 5 heteroatoms. The second-order valence-corrected chi connectivity index (χ2v) is 4.58. The number of benzene rings is 1. The molecule has 0 bridgehead atoms. The molecule has 3 rings (SSSR count). The van der Waals surface area contributed by atoms with Crippen LogP contribution in [0.15, 0.2) is 30.5 Å². The molecule has 96 valence electrons. The van der Waals surface area contributed by atoms with Gasteiger partial charge in [0.25, 0.3) is 0 Å². The summed E-state index contributed by atoms with van der Waals surface area (Å²) in [4.78, 5) is 4.35. The Hall–Kier alpha value is -1.03. The summed E-state index contributed by atoms with van der Waals surface area (Å²) in [5, 5.41) is 4.94. The Morgan fingerprint density at radius 1 is 1.33 bits per heavy atom. The molecule has 18 heavy (non-hydrogen) atoms. The van der Waals surface area contributed by atoms with Gasteiger partial charge in [0.1, 0.15) is 17.4 Å². The summed E-state index contributed by atoms with van der Waals surface area (Å²) in [5.41, 5.74) is 0.840. The van der Waals surface area contributed by atoms with E-state index in [0.717, 1.165) is 36.2 Å². The number of hydrogen-bond acceptors (Lipinski definition) is 3. The van der Waals surface area contributed by atoms with E-state index in [-0.39, 0.29) is 18.5 Å².